The van der Waals surface area contributed by atoms with Gasteiger partial charge < -0.3 is 5.11 Å². The fraction of sp³-hybridized carbons (Fsp3) is 0.462. The molecule has 0 aromatic heterocycles. The lowest BCUT2D eigenvalue weighted by atomic mass is 10.1. The minimum Gasteiger partial charge on any atom is -0.480 e. The van der Waals surface area contributed by atoms with E-state index in [0.717, 1.165) is 17.3 Å². The van der Waals surface area contributed by atoms with Crippen LogP contribution in [0.2, 0.25) is 0 Å². The summed E-state index contributed by atoms with van der Waals surface area (Å²) < 4.78 is 14.5. The van der Waals surface area contributed by atoms with Crippen LogP contribution >= 0.6 is 15.9 Å². The maximum atomic E-state index is 13.7. The second kappa shape index (κ2) is 5.36. The normalized spacial score (nSPS) is 16.9. The van der Waals surface area contributed by atoms with Gasteiger partial charge in [0.25, 0.3) is 0 Å². The highest BCUT2D eigenvalue weighted by atomic mass is 79.9. The van der Waals surface area contributed by atoms with E-state index in [4.69, 9.17) is 5.11 Å². The lowest BCUT2D eigenvalue weighted by Crippen LogP contribution is -2.40. The van der Waals surface area contributed by atoms with Gasteiger partial charge in [-0.15, -0.1) is 0 Å². The van der Waals surface area contributed by atoms with Crippen molar-refractivity contribution in [3.63, 3.8) is 0 Å². The Labute approximate surface area is 114 Å². The molecule has 0 heterocycles. The first-order chi connectivity index (χ1) is 8.49. The van der Waals surface area contributed by atoms with E-state index in [-0.39, 0.29) is 11.9 Å². The molecular formula is C13H15BrFNO2. The summed E-state index contributed by atoms with van der Waals surface area (Å²) in [5, 5.41) is 9.09. The van der Waals surface area contributed by atoms with Gasteiger partial charge in [0.05, 0.1) is 0 Å². The lowest BCUT2D eigenvalue weighted by Gasteiger charge is -2.26. The Balaban J connectivity index is 2.18. The van der Waals surface area contributed by atoms with Gasteiger partial charge in [0, 0.05) is 22.6 Å². The molecule has 2 rings (SSSR count). The minimum atomic E-state index is -0.864. The van der Waals surface area contributed by atoms with Crippen LogP contribution in [-0.4, -0.2) is 28.1 Å². The number of carboxylic acid groups (broad SMARTS) is 1. The second-order valence-electron chi connectivity index (χ2n) is 4.65. The van der Waals surface area contributed by atoms with Gasteiger partial charge in [-0.2, -0.15) is 0 Å². The molecule has 1 N–H and O–H groups in total. The maximum Gasteiger partial charge on any atom is 0.320 e. The second-order valence-corrected chi connectivity index (χ2v) is 5.57. The minimum absolute atomic E-state index is 0.273. The van der Waals surface area contributed by atoms with Crippen LogP contribution < -0.4 is 0 Å². The van der Waals surface area contributed by atoms with E-state index < -0.39 is 12.0 Å². The Hall–Kier alpha value is -0.940. The van der Waals surface area contributed by atoms with E-state index in [1.54, 1.807) is 19.1 Å². The number of carbonyl (C=O) groups is 1. The van der Waals surface area contributed by atoms with Gasteiger partial charge in [0.15, 0.2) is 0 Å². The molecule has 1 fully saturated rings. The van der Waals surface area contributed by atoms with Crippen molar-refractivity contribution in [2.45, 2.75) is 38.4 Å². The average Bonchev–Trinajstić information content (AvgIpc) is 3.13. The fourth-order valence-electron chi connectivity index (χ4n) is 1.99. The van der Waals surface area contributed by atoms with Crippen molar-refractivity contribution in [1.29, 1.82) is 0 Å². The number of carboxylic acids is 1. The van der Waals surface area contributed by atoms with Crippen LogP contribution in [0, 0.1) is 5.82 Å². The van der Waals surface area contributed by atoms with Crippen molar-refractivity contribution >= 4 is 21.9 Å². The van der Waals surface area contributed by atoms with E-state index in [1.165, 1.54) is 6.07 Å². The van der Waals surface area contributed by atoms with Gasteiger partial charge in [-0.05, 0) is 38.0 Å². The molecule has 0 saturated heterocycles. The van der Waals surface area contributed by atoms with Crippen molar-refractivity contribution in [2.24, 2.45) is 0 Å². The molecule has 0 bridgehead atoms. The number of benzene rings is 1. The molecule has 0 radical (unpaired) electrons. The molecule has 0 aliphatic heterocycles. The Kier molecular flexibility index (Phi) is 4.02. The van der Waals surface area contributed by atoms with Gasteiger partial charge in [0.1, 0.15) is 11.9 Å². The van der Waals surface area contributed by atoms with Crippen molar-refractivity contribution < 1.29 is 14.3 Å². The first-order valence-corrected chi connectivity index (χ1v) is 6.71. The van der Waals surface area contributed by atoms with Crippen LogP contribution in [0.4, 0.5) is 4.39 Å². The fourth-order valence-corrected chi connectivity index (χ4v) is 2.40. The molecule has 0 spiro atoms. The molecule has 5 heteroatoms. The molecule has 1 aromatic carbocycles. The Morgan fingerprint density at radius 2 is 2.28 bits per heavy atom. The molecule has 0 amide bonds. The summed E-state index contributed by atoms with van der Waals surface area (Å²) in [6, 6.07) is 4.43. The van der Waals surface area contributed by atoms with E-state index in [2.05, 4.69) is 15.9 Å². The first kappa shape index (κ1) is 13.5. The zero-order chi connectivity index (χ0) is 13.3. The van der Waals surface area contributed by atoms with Crippen LogP contribution in [0.3, 0.4) is 0 Å². The number of aliphatic carboxylic acids is 1. The molecule has 1 aliphatic rings. The van der Waals surface area contributed by atoms with Crippen molar-refractivity contribution in [3.8, 4) is 0 Å². The van der Waals surface area contributed by atoms with Crippen LogP contribution in [-0.2, 0) is 11.3 Å². The summed E-state index contributed by atoms with van der Waals surface area (Å²) in [7, 11) is 0. The van der Waals surface area contributed by atoms with Crippen molar-refractivity contribution in [1.82, 2.24) is 4.90 Å². The van der Waals surface area contributed by atoms with Gasteiger partial charge in [0.2, 0.25) is 0 Å². The molecule has 18 heavy (non-hydrogen) atoms. The number of hydrogen-bond acceptors (Lipinski definition) is 2. The number of hydrogen-bond donors (Lipinski definition) is 1. The highest BCUT2D eigenvalue weighted by Crippen LogP contribution is 2.31. The average molecular weight is 316 g/mol. The number of nitrogens with zero attached hydrogens (tertiary/aromatic N) is 1. The van der Waals surface area contributed by atoms with E-state index in [9.17, 15) is 9.18 Å². The summed E-state index contributed by atoms with van der Waals surface area (Å²) in [5.74, 6) is -1.15. The Morgan fingerprint density at radius 3 is 2.83 bits per heavy atom. The van der Waals surface area contributed by atoms with Gasteiger partial charge >= 0.3 is 5.97 Å². The summed E-state index contributed by atoms with van der Waals surface area (Å²) in [6.07, 6.45) is 1.99. The standard InChI is InChI=1S/C13H15BrFNO2/c1-8(13(17)18)16(11-3-4-11)7-9-6-10(14)2-5-12(9)15/h2,5-6,8,11H,3-4,7H2,1H3,(H,17,18). The third-order valence-electron chi connectivity index (χ3n) is 3.23. The highest BCUT2D eigenvalue weighted by Gasteiger charge is 2.35. The highest BCUT2D eigenvalue weighted by molar-refractivity contribution is 9.10. The van der Waals surface area contributed by atoms with Crippen LogP contribution in [0.15, 0.2) is 22.7 Å². The Bertz CT molecular complexity index is 462. The predicted octanol–water partition coefficient (Wildman–Crippen LogP) is 3.03. The van der Waals surface area contributed by atoms with Crippen LogP contribution in [0.1, 0.15) is 25.3 Å². The largest absolute Gasteiger partial charge is 0.480 e. The van der Waals surface area contributed by atoms with E-state index in [0.29, 0.717) is 12.1 Å². The first-order valence-electron chi connectivity index (χ1n) is 5.91. The molecule has 1 unspecified atom stereocenters. The smallest absolute Gasteiger partial charge is 0.320 e. The summed E-state index contributed by atoms with van der Waals surface area (Å²) in [6.45, 7) is 1.99. The van der Waals surface area contributed by atoms with Gasteiger partial charge in [-0.25, -0.2) is 4.39 Å². The van der Waals surface area contributed by atoms with Crippen LogP contribution in [0.25, 0.3) is 0 Å². The zero-order valence-corrected chi connectivity index (χ0v) is 11.7. The predicted molar refractivity (Wildman–Crippen MR) is 69.8 cm³/mol. The molecule has 1 saturated carbocycles. The molecule has 1 aliphatic carbocycles. The molecule has 3 nitrogen and oxygen atoms in total. The zero-order valence-electron chi connectivity index (χ0n) is 10.1. The molecule has 98 valence electrons. The number of halogens is 2. The molecular weight excluding hydrogens is 301 g/mol. The summed E-state index contributed by atoms with van der Waals surface area (Å²) >= 11 is 3.30. The molecule has 1 atom stereocenters. The number of rotatable bonds is 5. The Morgan fingerprint density at radius 1 is 1.61 bits per heavy atom. The van der Waals surface area contributed by atoms with Gasteiger partial charge in [-0.3, -0.25) is 9.69 Å². The quantitative estimate of drug-likeness (QED) is 0.908. The maximum absolute atomic E-state index is 13.7. The third kappa shape index (κ3) is 3.09. The summed E-state index contributed by atoms with van der Waals surface area (Å²) in [5.41, 5.74) is 0.532. The SMILES string of the molecule is CC(C(=O)O)N(Cc1cc(Br)ccc1F)C1CC1. The van der Waals surface area contributed by atoms with E-state index in [1.807, 2.05) is 4.90 Å². The monoisotopic (exact) mass is 315 g/mol. The summed E-state index contributed by atoms with van der Waals surface area (Å²) in [4.78, 5) is 12.9. The topological polar surface area (TPSA) is 40.5 Å². The van der Waals surface area contributed by atoms with E-state index >= 15 is 0 Å². The molecule has 1 aromatic rings. The third-order valence-corrected chi connectivity index (χ3v) is 3.72. The van der Waals surface area contributed by atoms with Crippen molar-refractivity contribution in [3.05, 3.63) is 34.1 Å². The lowest BCUT2D eigenvalue weighted by molar-refractivity contribution is -0.143. The van der Waals surface area contributed by atoms with Gasteiger partial charge in [-0.1, -0.05) is 15.9 Å². The van der Waals surface area contributed by atoms with Crippen molar-refractivity contribution in [2.75, 3.05) is 0 Å². The van der Waals surface area contributed by atoms with Crippen LogP contribution in [0.5, 0.6) is 0 Å².